The molecule has 0 spiro atoms. The van der Waals surface area contributed by atoms with Crippen molar-refractivity contribution in [2.75, 3.05) is 35.3 Å². The van der Waals surface area contributed by atoms with Gasteiger partial charge in [0.15, 0.2) is 0 Å². The Labute approximate surface area is 186 Å². The summed E-state index contributed by atoms with van der Waals surface area (Å²) in [7, 11) is 2.05. The number of carbonyl (C=O) groups excluding carboxylic acids is 1. The number of nitrogens with zero attached hydrogens (tertiary/aromatic N) is 5. The zero-order valence-corrected chi connectivity index (χ0v) is 18.1. The van der Waals surface area contributed by atoms with Gasteiger partial charge in [0.25, 0.3) is 5.91 Å². The molecule has 1 fully saturated rings. The molecule has 3 aromatic heterocycles. The van der Waals surface area contributed by atoms with Crippen LogP contribution in [0, 0.1) is 6.92 Å². The highest BCUT2D eigenvalue weighted by atomic mass is 16.1. The van der Waals surface area contributed by atoms with E-state index in [9.17, 15) is 4.79 Å². The Kier molecular flexibility index (Phi) is 5.18. The number of rotatable bonds is 5. The number of likely N-dealkylation sites (N-methyl/N-ethyl adjacent to an activating group) is 1. The van der Waals surface area contributed by atoms with Gasteiger partial charge >= 0.3 is 0 Å². The Morgan fingerprint density at radius 3 is 2.75 bits per heavy atom. The summed E-state index contributed by atoms with van der Waals surface area (Å²) in [5.41, 5.74) is 3.31. The molecule has 1 aromatic carbocycles. The standard InChI is InChI=1S/C24H25N7O/c1-16-3-6-18(7-4-16)29-24(32)17-5-8-21(26-13-17)30(2)19-10-12-31(14-19)23-20-9-11-25-22(20)27-15-28-23/h3-9,11,13,15,19H,10,12,14H2,1-2H3,(H,29,32)(H,25,27,28)/t19-/m1/s1. The lowest BCUT2D eigenvalue weighted by molar-refractivity contribution is 0.102. The maximum absolute atomic E-state index is 12.5. The number of nitrogens with one attached hydrogen (secondary N) is 2. The summed E-state index contributed by atoms with van der Waals surface area (Å²) in [4.78, 5) is 33.5. The number of benzene rings is 1. The summed E-state index contributed by atoms with van der Waals surface area (Å²) in [5, 5.41) is 3.95. The SMILES string of the molecule is Cc1ccc(NC(=O)c2ccc(N(C)[C@@H]3CCN(c4ncnc5[nH]ccc45)C3)nc2)cc1. The van der Waals surface area contributed by atoms with E-state index in [0.717, 1.165) is 53.4 Å². The number of aromatic amines is 1. The van der Waals surface area contributed by atoms with Gasteiger partial charge in [-0.3, -0.25) is 4.79 Å². The summed E-state index contributed by atoms with van der Waals surface area (Å²) in [6.07, 6.45) is 6.13. The minimum absolute atomic E-state index is 0.165. The second-order valence-electron chi connectivity index (χ2n) is 8.16. The van der Waals surface area contributed by atoms with Crippen LogP contribution < -0.4 is 15.1 Å². The van der Waals surface area contributed by atoms with Gasteiger partial charge in [-0.05, 0) is 43.7 Å². The second kappa shape index (κ2) is 8.30. The number of H-pyrrole nitrogens is 1. The smallest absolute Gasteiger partial charge is 0.257 e. The lowest BCUT2D eigenvalue weighted by atomic mass is 10.2. The zero-order valence-electron chi connectivity index (χ0n) is 18.1. The molecule has 4 aromatic rings. The molecule has 0 radical (unpaired) electrons. The van der Waals surface area contributed by atoms with Gasteiger partial charge in [0.05, 0.1) is 10.9 Å². The number of aryl methyl sites for hydroxylation is 1. The van der Waals surface area contributed by atoms with Gasteiger partial charge in [-0.1, -0.05) is 17.7 Å². The highest BCUT2D eigenvalue weighted by Crippen LogP contribution is 2.28. The molecule has 0 saturated carbocycles. The number of hydrogen-bond donors (Lipinski definition) is 2. The predicted molar refractivity (Wildman–Crippen MR) is 126 cm³/mol. The molecule has 32 heavy (non-hydrogen) atoms. The third-order valence-electron chi connectivity index (χ3n) is 6.02. The highest BCUT2D eigenvalue weighted by molar-refractivity contribution is 6.04. The third-order valence-corrected chi connectivity index (χ3v) is 6.02. The number of amides is 1. The van der Waals surface area contributed by atoms with E-state index in [4.69, 9.17) is 0 Å². The van der Waals surface area contributed by atoms with Crippen molar-refractivity contribution in [3.8, 4) is 0 Å². The van der Waals surface area contributed by atoms with Crippen molar-refractivity contribution in [3.05, 3.63) is 72.3 Å². The van der Waals surface area contributed by atoms with Crippen LogP contribution in [0.1, 0.15) is 22.3 Å². The maximum Gasteiger partial charge on any atom is 0.257 e. The fourth-order valence-electron chi connectivity index (χ4n) is 4.12. The van der Waals surface area contributed by atoms with Crippen molar-refractivity contribution in [3.63, 3.8) is 0 Å². The predicted octanol–water partition coefficient (Wildman–Crippen LogP) is 3.63. The van der Waals surface area contributed by atoms with E-state index in [1.165, 1.54) is 0 Å². The number of carbonyl (C=O) groups is 1. The van der Waals surface area contributed by atoms with Gasteiger partial charge in [0, 0.05) is 44.3 Å². The first kappa shape index (κ1) is 20.0. The maximum atomic E-state index is 12.5. The molecule has 1 aliphatic rings. The van der Waals surface area contributed by atoms with Crippen LogP contribution in [0.4, 0.5) is 17.3 Å². The molecular formula is C24H25N7O. The minimum Gasteiger partial charge on any atom is -0.355 e. The molecule has 1 atom stereocenters. The summed E-state index contributed by atoms with van der Waals surface area (Å²) in [6.45, 7) is 3.79. The molecule has 4 heterocycles. The van der Waals surface area contributed by atoms with Gasteiger partial charge in [0.1, 0.15) is 23.6 Å². The van der Waals surface area contributed by atoms with E-state index in [0.29, 0.717) is 11.6 Å². The van der Waals surface area contributed by atoms with E-state index in [-0.39, 0.29) is 5.91 Å². The average Bonchev–Trinajstić information content (AvgIpc) is 3.50. The molecule has 1 amide bonds. The van der Waals surface area contributed by atoms with Gasteiger partial charge in [-0.25, -0.2) is 15.0 Å². The van der Waals surface area contributed by atoms with E-state index in [2.05, 4.69) is 42.1 Å². The van der Waals surface area contributed by atoms with Crippen molar-refractivity contribution >= 4 is 34.3 Å². The van der Waals surface area contributed by atoms with Crippen molar-refractivity contribution in [2.45, 2.75) is 19.4 Å². The van der Waals surface area contributed by atoms with Crippen LogP contribution in [0.15, 0.2) is 61.2 Å². The Bertz CT molecular complexity index is 1230. The first-order valence-electron chi connectivity index (χ1n) is 10.7. The largest absolute Gasteiger partial charge is 0.355 e. The van der Waals surface area contributed by atoms with Crippen LogP contribution in [-0.2, 0) is 0 Å². The minimum atomic E-state index is -0.165. The Hall–Kier alpha value is -3.94. The summed E-state index contributed by atoms with van der Waals surface area (Å²) < 4.78 is 0. The van der Waals surface area contributed by atoms with Gasteiger partial charge in [-0.15, -0.1) is 0 Å². The highest BCUT2D eigenvalue weighted by Gasteiger charge is 2.28. The third kappa shape index (κ3) is 3.87. The zero-order chi connectivity index (χ0) is 22.1. The molecule has 0 bridgehead atoms. The summed E-state index contributed by atoms with van der Waals surface area (Å²) in [6, 6.07) is 13.8. The van der Waals surface area contributed by atoms with E-state index >= 15 is 0 Å². The number of hydrogen-bond acceptors (Lipinski definition) is 6. The Balaban J connectivity index is 1.25. The molecule has 162 valence electrons. The summed E-state index contributed by atoms with van der Waals surface area (Å²) in [5.74, 6) is 1.64. The molecule has 2 N–H and O–H groups in total. The van der Waals surface area contributed by atoms with E-state index < -0.39 is 0 Å². The number of anilines is 3. The van der Waals surface area contributed by atoms with E-state index in [1.54, 1.807) is 12.5 Å². The fraction of sp³-hybridized carbons (Fsp3) is 0.250. The quantitative estimate of drug-likeness (QED) is 0.506. The molecular weight excluding hydrogens is 402 g/mol. The van der Waals surface area contributed by atoms with Gasteiger partial charge in [0.2, 0.25) is 0 Å². The molecule has 5 rings (SSSR count). The lowest BCUT2D eigenvalue weighted by Crippen LogP contribution is -2.35. The molecule has 8 heteroatoms. The van der Waals surface area contributed by atoms with Crippen LogP contribution in [0.3, 0.4) is 0 Å². The number of fused-ring (bicyclic) bond motifs is 1. The fourth-order valence-corrected chi connectivity index (χ4v) is 4.12. The van der Waals surface area contributed by atoms with Crippen LogP contribution in [0.25, 0.3) is 11.0 Å². The van der Waals surface area contributed by atoms with Crippen molar-refractivity contribution in [1.82, 2.24) is 19.9 Å². The summed E-state index contributed by atoms with van der Waals surface area (Å²) >= 11 is 0. The van der Waals surface area contributed by atoms with Crippen molar-refractivity contribution < 1.29 is 4.79 Å². The van der Waals surface area contributed by atoms with Gasteiger partial charge < -0.3 is 20.1 Å². The van der Waals surface area contributed by atoms with Crippen LogP contribution in [0.5, 0.6) is 0 Å². The number of pyridine rings is 1. The average molecular weight is 428 g/mol. The monoisotopic (exact) mass is 427 g/mol. The second-order valence-corrected chi connectivity index (χ2v) is 8.16. The van der Waals surface area contributed by atoms with Crippen LogP contribution in [-0.4, -0.2) is 52.0 Å². The first-order chi connectivity index (χ1) is 15.6. The lowest BCUT2D eigenvalue weighted by Gasteiger charge is -2.26. The Morgan fingerprint density at radius 1 is 1.12 bits per heavy atom. The molecule has 0 aliphatic carbocycles. The molecule has 1 aliphatic heterocycles. The van der Waals surface area contributed by atoms with Crippen molar-refractivity contribution in [2.24, 2.45) is 0 Å². The first-order valence-corrected chi connectivity index (χ1v) is 10.7. The normalized spacial score (nSPS) is 15.8. The Morgan fingerprint density at radius 2 is 1.97 bits per heavy atom. The number of aromatic nitrogens is 4. The molecule has 8 nitrogen and oxygen atoms in total. The van der Waals surface area contributed by atoms with Crippen LogP contribution in [0.2, 0.25) is 0 Å². The topological polar surface area (TPSA) is 90.0 Å². The molecule has 1 saturated heterocycles. The van der Waals surface area contributed by atoms with Crippen molar-refractivity contribution in [1.29, 1.82) is 0 Å². The van der Waals surface area contributed by atoms with Gasteiger partial charge in [-0.2, -0.15) is 0 Å². The van der Waals surface area contributed by atoms with E-state index in [1.807, 2.05) is 55.6 Å². The molecule has 0 unspecified atom stereocenters. The van der Waals surface area contributed by atoms with Crippen LogP contribution >= 0.6 is 0 Å².